The number of unbranched alkanes of at least 4 members (excludes halogenated alkanes) is 18. The molecule has 208 valence electrons. The van der Waals surface area contributed by atoms with Crippen LogP contribution in [0.5, 0.6) is 0 Å². The lowest BCUT2D eigenvalue weighted by Crippen LogP contribution is -2.31. The van der Waals surface area contributed by atoms with Gasteiger partial charge in [0.1, 0.15) is 11.4 Å². The first-order valence-corrected chi connectivity index (χ1v) is 15.1. The fourth-order valence-corrected chi connectivity index (χ4v) is 4.82. The SMILES string of the molecule is CCCCCCCCCCCCNC(=O)c1c(N)cc(=O)n(CCCCCCCCCCCC)c1N. The summed E-state index contributed by atoms with van der Waals surface area (Å²) in [5.74, 6) is -0.0887. The number of nitrogens with one attached hydrogen (secondary N) is 1. The first kappa shape index (κ1) is 32.0. The molecule has 0 aliphatic heterocycles. The van der Waals surface area contributed by atoms with E-state index in [9.17, 15) is 9.59 Å². The maximum absolute atomic E-state index is 12.8. The van der Waals surface area contributed by atoms with Gasteiger partial charge in [0.25, 0.3) is 11.5 Å². The molecule has 1 heterocycles. The lowest BCUT2D eigenvalue weighted by Gasteiger charge is -2.15. The molecule has 0 saturated carbocycles. The molecule has 6 heteroatoms. The van der Waals surface area contributed by atoms with Gasteiger partial charge in [0.2, 0.25) is 0 Å². The Labute approximate surface area is 221 Å². The fraction of sp³-hybridized carbons (Fsp3) is 0.800. The molecule has 0 bridgehead atoms. The maximum Gasteiger partial charge on any atom is 0.257 e. The number of nitrogens with zero attached hydrogens (tertiary/aromatic N) is 1. The lowest BCUT2D eigenvalue weighted by molar-refractivity contribution is 0.0954. The maximum atomic E-state index is 12.8. The molecule has 0 radical (unpaired) electrons. The van der Waals surface area contributed by atoms with E-state index in [-0.39, 0.29) is 28.5 Å². The number of nitrogen functional groups attached to an aromatic ring is 2. The number of amides is 1. The smallest absolute Gasteiger partial charge is 0.257 e. The molecule has 0 unspecified atom stereocenters. The molecular formula is C30H56N4O2. The quantitative estimate of drug-likeness (QED) is 0.134. The zero-order valence-electron chi connectivity index (χ0n) is 23.6. The van der Waals surface area contributed by atoms with Crippen LogP contribution in [-0.4, -0.2) is 17.0 Å². The highest BCUT2D eigenvalue weighted by molar-refractivity contribution is 6.03. The summed E-state index contributed by atoms with van der Waals surface area (Å²) in [4.78, 5) is 25.2. The summed E-state index contributed by atoms with van der Waals surface area (Å²) in [6.07, 6.45) is 24.8. The van der Waals surface area contributed by atoms with Gasteiger partial charge in [-0.25, -0.2) is 0 Å². The van der Waals surface area contributed by atoms with Gasteiger partial charge in [0, 0.05) is 19.2 Å². The fourth-order valence-electron chi connectivity index (χ4n) is 4.82. The first-order chi connectivity index (χ1) is 17.5. The first-order valence-electron chi connectivity index (χ1n) is 15.1. The highest BCUT2D eigenvalue weighted by atomic mass is 16.2. The van der Waals surface area contributed by atoms with E-state index in [4.69, 9.17) is 11.5 Å². The predicted octanol–water partition coefficient (Wildman–Crippen LogP) is 7.58. The van der Waals surface area contributed by atoms with Crippen LogP contribution in [0.2, 0.25) is 0 Å². The Kier molecular flexibility index (Phi) is 18.8. The van der Waals surface area contributed by atoms with E-state index in [1.54, 1.807) is 0 Å². The molecule has 1 rings (SSSR count). The largest absolute Gasteiger partial charge is 0.398 e. The second kappa shape index (κ2) is 21.1. The third-order valence-electron chi connectivity index (χ3n) is 7.16. The van der Waals surface area contributed by atoms with Crippen LogP contribution < -0.4 is 22.3 Å². The molecule has 36 heavy (non-hydrogen) atoms. The van der Waals surface area contributed by atoms with Crippen LogP contribution >= 0.6 is 0 Å². The third-order valence-corrected chi connectivity index (χ3v) is 7.16. The van der Waals surface area contributed by atoms with Gasteiger partial charge in [0.15, 0.2) is 0 Å². The summed E-state index contributed by atoms with van der Waals surface area (Å²) in [5.41, 5.74) is 12.5. The summed E-state index contributed by atoms with van der Waals surface area (Å²) in [6.45, 7) is 5.62. The average molecular weight is 505 g/mol. The van der Waals surface area contributed by atoms with Crippen molar-refractivity contribution in [3.05, 3.63) is 22.0 Å². The van der Waals surface area contributed by atoms with Crippen molar-refractivity contribution in [3.63, 3.8) is 0 Å². The summed E-state index contributed by atoms with van der Waals surface area (Å²) in [5, 5.41) is 2.95. The van der Waals surface area contributed by atoms with E-state index >= 15 is 0 Å². The van der Waals surface area contributed by atoms with E-state index in [1.807, 2.05) is 0 Å². The zero-order chi connectivity index (χ0) is 26.4. The highest BCUT2D eigenvalue weighted by Crippen LogP contribution is 2.18. The van der Waals surface area contributed by atoms with Gasteiger partial charge < -0.3 is 16.8 Å². The topological polar surface area (TPSA) is 103 Å². The summed E-state index contributed by atoms with van der Waals surface area (Å²) >= 11 is 0. The average Bonchev–Trinajstić information content (AvgIpc) is 2.85. The molecule has 1 aromatic heterocycles. The van der Waals surface area contributed by atoms with E-state index in [0.717, 1.165) is 25.7 Å². The predicted molar refractivity (Wildman–Crippen MR) is 156 cm³/mol. The van der Waals surface area contributed by atoms with Crippen LogP contribution in [0.25, 0.3) is 0 Å². The van der Waals surface area contributed by atoms with Crippen molar-refractivity contribution in [2.45, 2.75) is 149 Å². The van der Waals surface area contributed by atoms with Crippen LogP contribution in [0.4, 0.5) is 11.5 Å². The van der Waals surface area contributed by atoms with Crippen molar-refractivity contribution in [3.8, 4) is 0 Å². The van der Waals surface area contributed by atoms with Crippen molar-refractivity contribution < 1.29 is 4.79 Å². The second-order valence-electron chi connectivity index (χ2n) is 10.5. The molecule has 0 saturated heterocycles. The summed E-state index contributed by atoms with van der Waals surface area (Å²) < 4.78 is 1.51. The summed E-state index contributed by atoms with van der Waals surface area (Å²) in [7, 11) is 0. The Morgan fingerprint density at radius 2 is 1.11 bits per heavy atom. The van der Waals surface area contributed by atoms with Crippen LogP contribution in [0.3, 0.4) is 0 Å². The van der Waals surface area contributed by atoms with Crippen molar-refractivity contribution in [1.82, 2.24) is 9.88 Å². The standard InChI is InChI=1S/C30H56N4O2/c1-3-5-7-9-11-13-15-17-19-21-23-33-30(36)28-26(31)25-27(35)34(29(28)32)24-22-20-18-16-14-12-10-8-6-4-2/h25H,3-24,31-32H2,1-2H3,(H,33,36). The van der Waals surface area contributed by atoms with Gasteiger partial charge in [-0.1, -0.05) is 129 Å². The highest BCUT2D eigenvalue weighted by Gasteiger charge is 2.18. The molecule has 0 aliphatic rings. The Morgan fingerprint density at radius 3 is 1.58 bits per heavy atom. The summed E-state index contributed by atoms with van der Waals surface area (Å²) in [6, 6.07) is 1.34. The number of carbonyl (C=O) groups is 1. The zero-order valence-corrected chi connectivity index (χ0v) is 23.6. The van der Waals surface area contributed by atoms with E-state index in [1.165, 1.54) is 113 Å². The van der Waals surface area contributed by atoms with Crippen LogP contribution in [0.1, 0.15) is 153 Å². The Morgan fingerprint density at radius 1 is 0.694 bits per heavy atom. The number of rotatable bonds is 23. The molecule has 1 amide bonds. The molecule has 0 atom stereocenters. The lowest BCUT2D eigenvalue weighted by atomic mass is 10.1. The Hall–Kier alpha value is -1.98. The molecule has 0 aliphatic carbocycles. The minimum atomic E-state index is -0.280. The number of pyridine rings is 1. The number of nitrogens with two attached hydrogens (primary N) is 2. The normalized spacial score (nSPS) is 11.2. The minimum Gasteiger partial charge on any atom is -0.398 e. The van der Waals surface area contributed by atoms with Gasteiger partial charge >= 0.3 is 0 Å². The van der Waals surface area contributed by atoms with E-state index in [2.05, 4.69) is 19.2 Å². The molecule has 5 N–H and O–H groups in total. The second-order valence-corrected chi connectivity index (χ2v) is 10.5. The van der Waals surface area contributed by atoms with Gasteiger partial charge in [-0.3, -0.25) is 14.2 Å². The molecular weight excluding hydrogens is 448 g/mol. The van der Waals surface area contributed by atoms with Crippen molar-refractivity contribution in [2.24, 2.45) is 0 Å². The molecule has 0 fully saturated rings. The number of hydrogen-bond donors (Lipinski definition) is 3. The van der Waals surface area contributed by atoms with Crippen LogP contribution in [0.15, 0.2) is 10.9 Å². The number of hydrogen-bond acceptors (Lipinski definition) is 4. The van der Waals surface area contributed by atoms with Crippen LogP contribution in [0, 0.1) is 0 Å². The molecule has 1 aromatic rings. The number of anilines is 2. The van der Waals surface area contributed by atoms with Crippen molar-refractivity contribution in [1.29, 1.82) is 0 Å². The Balaban J connectivity index is 2.31. The van der Waals surface area contributed by atoms with Gasteiger partial charge in [-0.15, -0.1) is 0 Å². The van der Waals surface area contributed by atoms with Gasteiger partial charge in [0.05, 0.1) is 5.69 Å². The van der Waals surface area contributed by atoms with Crippen molar-refractivity contribution >= 4 is 17.4 Å². The number of carbonyl (C=O) groups excluding carboxylic acids is 1. The monoisotopic (exact) mass is 504 g/mol. The third kappa shape index (κ3) is 13.9. The molecule has 0 aromatic carbocycles. The van der Waals surface area contributed by atoms with Crippen LogP contribution in [-0.2, 0) is 6.54 Å². The van der Waals surface area contributed by atoms with E-state index < -0.39 is 0 Å². The number of aromatic nitrogens is 1. The Bertz CT molecular complexity index is 760. The van der Waals surface area contributed by atoms with Crippen molar-refractivity contribution in [2.75, 3.05) is 18.0 Å². The molecule has 0 spiro atoms. The van der Waals surface area contributed by atoms with Gasteiger partial charge in [-0.05, 0) is 12.8 Å². The van der Waals surface area contributed by atoms with Gasteiger partial charge in [-0.2, -0.15) is 0 Å². The van der Waals surface area contributed by atoms with E-state index in [0.29, 0.717) is 13.1 Å². The minimum absolute atomic E-state index is 0.164. The molecule has 6 nitrogen and oxygen atoms in total.